The van der Waals surface area contributed by atoms with E-state index in [1.165, 1.54) is 24.3 Å². The second-order valence-corrected chi connectivity index (χ2v) is 8.14. The molecule has 0 aliphatic carbocycles. The number of anilines is 5. The molecule has 0 radical (unpaired) electrons. The molecule has 0 saturated heterocycles. The molecule has 0 saturated carbocycles. The molecule has 4 aromatic rings. The summed E-state index contributed by atoms with van der Waals surface area (Å²) >= 11 is 0. The molecule has 8 heteroatoms. The van der Waals surface area contributed by atoms with Crippen LogP contribution in [-0.4, -0.2) is 16.9 Å². The highest BCUT2D eigenvalue weighted by atomic mass is 19.1. The maximum absolute atomic E-state index is 13.1. The first-order valence-corrected chi connectivity index (χ1v) is 11.0. The van der Waals surface area contributed by atoms with Gasteiger partial charge < -0.3 is 26.3 Å². The Balaban J connectivity index is 1.31. The quantitative estimate of drug-likeness (QED) is 0.221. The molecule has 0 fully saturated rings. The Labute approximate surface area is 201 Å². The monoisotopic (exact) mass is 467 g/mol. The number of nitrogens with one attached hydrogen (secondary N) is 5. The highest BCUT2D eigenvalue weighted by Crippen LogP contribution is 2.36. The summed E-state index contributed by atoms with van der Waals surface area (Å²) in [5, 5.41) is 11.7. The largest absolute Gasteiger partial charge is 0.362 e. The highest BCUT2D eigenvalue weighted by Gasteiger charge is 2.24. The maximum Gasteiger partial charge on any atom is 0.323 e. The molecule has 0 atom stereocenters. The molecule has 2 heterocycles. The zero-order valence-electron chi connectivity index (χ0n) is 18.8. The van der Waals surface area contributed by atoms with Crippen molar-refractivity contribution in [3.63, 3.8) is 0 Å². The minimum absolute atomic E-state index is 0.152. The number of benzene rings is 3. The molecule has 7 nitrogen and oxygen atoms in total. The van der Waals surface area contributed by atoms with Crippen LogP contribution in [0.4, 0.5) is 37.6 Å². The van der Waals surface area contributed by atoms with E-state index in [2.05, 4.69) is 26.3 Å². The summed E-state index contributed by atoms with van der Waals surface area (Å²) in [6.07, 6.45) is 3.63. The lowest BCUT2D eigenvalue weighted by atomic mass is 10.1. The fourth-order valence-corrected chi connectivity index (χ4v) is 3.82. The van der Waals surface area contributed by atoms with Crippen LogP contribution in [0.3, 0.4) is 0 Å². The molecule has 1 aromatic heterocycles. The fourth-order valence-electron chi connectivity index (χ4n) is 3.82. The van der Waals surface area contributed by atoms with Gasteiger partial charge in [0.2, 0.25) is 0 Å². The van der Waals surface area contributed by atoms with Gasteiger partial charge in [-0.15, -0.1) is 0 Å². The van der Waals surface area contributed by atoms with Crippen molar-refractivity contribution < 1.29 is 14.0 Å². The lowest BCUT2D eigenvalue weighted by Gasteiger charge is -2.14. The maximum atomic E-state index is 13.1. The van der Waals surface area contributed by atoms with E-state index in [1.54, 1.807) is 6.07 Å². The van der Waals surface area contributed by atoms with Gasteiger partial charge in [-0.2, -0.15) is 0 Å². The molecule has 35 heavy (non-hydrogen) atoms. The van der Waals surface area contributed by atoms with E-state index in [-0.39, 0.29) is 11.7 Å². The number of H-pyrrole nitrogens is 1. The molecule has 5 N–H and O–H groups in total. The van der Waals surface area contributed by atoms with Crippen molar-refractivity contribution in [1.29, 1.82) is 0 Å². The average molecular weight is 468 g/mol. The third kappa shape index (κ3) is 4.91. The Morgan fingerprint density at radius 3 is 2.43 bits per heavy atom. The van der Waals surface area contributed by atoms with Crippen molar-refractivity contribution in [2.45, 2.75) is 6.92 Å². The number of amides is 3. The van der Waals surface area contributed by atoms with Crippen LogP contribution in [0.5, 0.6) is 0 Å². The first-order chi connectivity index (χ1) is 16.9. The normalized spacial score (nSPS) is 13.3. The summed E-state index contributed by atoms with van der Waals surface area (Å²) in [6.45, 7) is 1.96. The van der Waals surface area contributed by atoms with E-state index in [1.807, 2.05) is 61.7 Å². The zero-order chi connectivity index (χ0) is 24.4. The van der Waals surface area contributed by atoms with Crippen LogP contribution in [0.25, 0.3) is 11.6 Å². The molecular formula is C27H22FN5O2. The molecule has 174 valence electrons. The van der Waals surface area contributed by atoms with Gasteiger partial charge in [0.25, 0.3) is 5.91 Å². The summed E-state index contributed by atoms with van der Waals surface area (Å²) in [5.74, 6) is -0.523. The Bertz CT molecular complexity index is 1440. The molecule has 5 rings (SSSR count). The van der Waals surface area contributed by atoms with Gasteiger partial charge in [-0.05, 0) is 79.2 Å². The number of hydrogen-bond donors (Lipinski definition) is 5. The summed E-state index contributed by atoms with van der Waals surface area (Å²) in [6, 6.07) is 20.1. The van der Waals surface area contributed by atoms with Gasteiger partial charge in [-0.25, -0.2) is 9.18 Å². The van der Waals surface area contributed by atoms with E-state index in [0.29, 0.717) is 16.9 Å². The zero-order valence-corrected chi connectivity index (χ0v) is 18.8. The summed E-state index contributed by atoms with van der Waals surface area (Å²) in [5.41, 5.74) is 6.66. The van der Waals surface area contributed by atoms with Gasteiger partial charge in [0.15, 0.2) is 0 Å². The number of aromatic amines is 1. The van der Waals surface area contributed by atoms with Crippen LogP contribution in [-0.2, 0) is 4.79 Å². The van der Waals surface area contributed by atoms with Gasteiger partial charge in [0, 0.05) is 40.2 Å². The van der Waals surface area contributed by atoms with E-state index >= 15 is 0 Å². The number of halogens is 1. The van der Waals surface area contributed by atoms with Crippen molar-refractivity contribution in [3.05, 3.63) is 102 Å². The second-order valence-electron chi connectivity index (χ2n) is 8.14. The summed E-state index contributed by atoms with van der Waals surface area (Å²) < 4.78 is 13.1. The first kappa shape index (κ1) is 22.0. The molecule has 3 amide bonds. The summed E-state index contributed by atoms with van der Waals surface area (Å²) in [7, 11) is 0. The number of aromatic nitrogens is 1. The van der Waals surface area contributed by atoms with Crippen molar-refractivity contribution in [2.75, 3.05) is 21.3 Å². The minimum atomic E-state index is -0.437. The van der Waals surface area contributed by atoms with Gasteiger partial charge in [-0.3, -0.25) is 4.79 Å². The first-order valence-electron chi connectivity index (χ1n) is 11.0. The van der Waals surface area contributed by atoms with Crippen LogP contribution in [0.2, 0.25) is 0 Å². The molecule has 3 aromatic carbocycles. The number of carbonyl (C=O) groups excluding carboxylic acids is 2. The molecular weight excluding hydrogens is 445 g/mol. The Hall–Kier alpha value is -4.85. The average Bonchev–Trinajstić information content (AvgIpc) is 3.45. The number of urea groups is 1. The van der Waals surface area contributed by atoms with Gasteiger partial charge in [0.1, 0.15) is 5.82 Å². The predicted molar refractivity (Wildman–Crippen MR) is 137 cm³/mol. The predicted octanol–water partition coefficient (Wildman–Crippen LogP) is 6.34. The second kappa shape index (κ2) is 9.18. The highest BCUT2D eigenvalue weighted by molar-refractivity contribution is 6.35. The molecule has 0 unspecified atom stereocenters. The van der Waals surface area contributed by atoms with Crippen molar-refractivity contribution >= 4 is 52.0 Å². The van der Waals surface area contributed by atoms with Gasteiger partial charge >= 0.3 is 6.03 Å². The third-order valence-corrected chi connectivity index (χ3v) is 5.60. The number of fused-ring (bicyclic) bond motifs is 1. The van der Waals surface area contributed by atoms with Crippen LogP contribution < -0.4 is 21.3 Å². The number of rotatable bonds is 5. The molecule has 1 aliphatic heterocycles. The molecule has 0 spiro atoms. The number of hydrogen-bond acceptors (Lipinski definition) is 3. The Morgan fingerprint density at radius 2 is 1.66 bits per heavy atom. The smallest absolute Gasteiger partial charge is 0.323 e. The van der Waals surface area contributed by atoms with Crippen molar-refractivity contribution in [3.8, 4) is 0 Å². The fraction of sp³-hybridized carbons (Fsp3) is 0.0370. The van der Waals surface area contributed by atoms with Crippen LogP contribution >= 0.6 is 0 Å². The van der Waals surface area contributed by atoms with Crippen LogP contribution in [0, 0.1) is 12.7 Å². The Morgan fingerprint density at radius 1 is 0.914 bits per heavy atom. The summed E-state index contributed by atoms with van der Waals surface area (Å²) in [4.78, 5) is 27.9. The van der Waals surface area contributed by atoms with Gasteiger partial charge in [-0.1, -0.05) is 12.1 Å². The SMILES string of the molecule is Cc1ccc(NC(=O)Nc2ccc(F)cc2)cc1Nc1ccc2c(c1)NC(=O)/C2=C/c1ccc[nH]1. The van der Waals surface area contributed by atoms with E-state index in [4.69, 9.17) is 0 Å². The van der Waals surface area contributed by atoms with Crippen molar-refractivity contribution in [2.24, 2.45) is 0 Å². The van der Waals surface area contributed by atoms with E-state index < -0.39 is 6.03 Å². The van der Waals surface area contributed by atoms with E-state index in [9.17, 15) is 14.0 Å². The van der Waals surface area contributed by atoms with Gasteiger partial charge in [0.05, 0.1) is 11.3 Å². The van der Waals surface area contributed by atoms with Crippen LogP contribution in [0.1, 0.15) is 16.8 Å². The van der Waals surface area contributed by atoms with Crippen molar-refractivity contribution in [1.82, 2.24) is 4.98 Å². The third-order valence-electron chi connectivity index (χ3n) is 5.60. The molecule has 0 bridgehead atoms. The topological polar surface area (TPSA) is 98.0 Å². The number of carbonyl (C=O) groups is 2. The minimum Gasteiger partial charge on any atom is -0.362 e. The molecule has 1 aliphatic rings. The van der Waals surface area contributed by atoms with E-state index in [0.717, 1.165) is 33.9 Å². The lowest BCUT2D eigenvalue weighted by Crippen LogP contribution is -2.19. The van der Waals surface area contributed by atoms with Crippen LogP contribution in [0.15, 0.2) is 79.0 Å². The standard InChI is InChI=1S/C27H22FN5O2/c1-16-4-7-21(32-27(35)31-18-8-5-17(28)6-9-18)14-24(16)30-20-10-11-22-23(13-19-3-2-12-29-19)26(34)33-25(22)15-20/h2-15,29-30H,1H3,(H,33,34)(H2,31,32,35)/b23-13+. The Kier molecular flexibility index (Phi) is 5.76. The lowest BCUT2D eigenvalue weighted by molar-refractivity contribution is -0.110. The number of aryl methyl sites for hydroxylation is 1.